The minimum absolute atomic E-state index is 0.0350. The maximum Gasteiger partial charge on any atom is 0.410 e. The first-order valence-corrected chi connectivity index (χ1v) is 8.02. The van der Waals surface area contributed by atoms with Crippen LogP contribution < -0.4 is 0 Å². The van der Waals surface area contributed by atoms with Crippen LogP contribution in [0, 0.1) is 11.8 Å². The first-order valence-electron chi connectivity index (χ1n) is 8.02. The van der Waals surface area contributed by atoms with Crippen molar-refractivity contribution in [1.82, 2.24) is 4.90 Å². The van der Waals surface area contributed by atoms with Crippen LogP contribution in [0.15, 0.2) is 30.3 Å². The van der Waals surface area contributed by atoms with Gasteiger partial charge in [0.2, 0.25) is 0 Å². The summed E-state index contributed by atoms with van der Waals surface area (Å²) in [4.78, 5) is 14.0. The molecule has 1 aromatic carbocycles. The number of nitrogens with zero attached hydrogens (tertiary/aromatic N) is 1. The lowest BCUT2D eigenvalue weighted by Gasteiger charge is -2.31. The Bertz CT molecular complexity index is 549. The Kier molecular flexibility index (Phi) is 3.54. The van der Waals surface area contributed by atoms with Crippen LogP contribution in [-0.4, -0.2) is 48.1 Å². The summed E-state index contributed by atoms with van der Waals surface area (Å²) in [5.41, 5.74) is 1.10. The highest BCUT2D eigenvalue weighted by Gasteiger charge is 2.50. The van der Waals surface area contributed by atoms with Crippen LogP contribution in [0.25, 0.3) is 0 Å². The molecule has 3 aliphatic rings. The summed E-state index contributed by atoms with van der Waals surface area (Å²) >= 11 is 0. The number of carbonyl (C=O) groups excluding carboxylic acids is 1. The minimum Gasteiger partial charge on any atom is -0.447 e. The standard InChI is InChI=1S/C17H21NO4/c19-9-13-12(15-6-7-16(13)22-15)8-18-14(10-21-17(18)20)11-4-2-1-3-5-11/h1-5,12-16,19H,6-10H2/t12-,13+,14?,15-,16+/m1/s1. The van der Waals surface area contributed by atoms with E-state index in [1.807, 2.05) is 35.2 Å². The van der Waals surface area contributed by atoms with Crippen molar-refractivity contribution >= 4 is 6.09 Å². The van der Waals surface area contributed by atoms with Crippen LogP contribution in [0.1, 0.15) is 24.4 Å². The fraction of sp³-hybridized carbons (Fsp3) is 0.588. The van der Waals surface area contributed by atoms with Gasteiger partial charge in [0.1, 0.15) is 6.61 Å². The number of hydrogen-bond acceptors (Lipinski definition) is 4. The van der Waals surface area contributed by atoms with E-state index in [2.05, 4.69) is 0 Å². The molecule has 3 aliphatic heterocycles. The van der Waals surface area contributed by atoms with Crippen molar-refractivity contribution in [2.75, 3.05) is 19.8 Å². The number of cyclic esters (lactones) is 1. The third-order valence-corrected chi connectivity index (χ3v) is 5.37. The lowest BCUT2D eigenvalue weighted by atomic mass is 9.79. The predicted molar refractivity (Wildman–Crippen MR) is 79.2 cm³/mol. The molecule has 5 atom stereocenters. The molecule has 0 saturated carbocycles. The Morgan fingerprint density at radius 2 is 1.86 bits per heavy atom. The average molecular weight is 303 g/mol. The molecule has 1 unspecified atom stereocenters. The molecule has 1 N–H and O–H groups in total. The van der Waals surface area contributed by atoms with Crippen molar-refractivity contribution in [3.05, 3.63) is 35.9 Å². The Morgan fingerprint density at radius 1 is 1.14 bits per heavy atom. The lowest BCUT2D eigenvalue weighted by Crippen LogP contribution is -2.41. The normalized spacial score (nSPS) is 36.9. The lowest BCUT2D eigenvalue weighted by molar-refractivity contribution is 0.0777. The molecule has 5 heteroatoms. The van der Waals surface area contributed by atoms with Gasteiger partial charge >= 0.3 is 6.09 Å². The van der Waals surface area contributed by atoms with Crippen molar-refractivity contribution < 1.29 is 19.4 Å². The van der Waals surface area contributed by atoms with Crippen molar-refractivity contribution in [2.24, 2.45) is 11.8 Å². The number of fused-ring (bicyclic) bond motifs is 2. The topological polar surface area (TPSA) is 59.0 Å². The third-order valence-electron chi connectivity index (χ3n) is 5.37. The summed E-state index contributed by atoms with van der Waals surface area (Å²) in [5, 5.41) is 9.67. The second kappa shape index (κ2) is 5.56. The number of hydrogen-bond donors (Lipinski definition) is 1. The fourth-order valence-electron chi connectivity index (χ4n) is 4.21. The monoisotopic (exact) mass is 303 g/mol. The number of rotatable bonds is 4. The van der Waals surface area contributed by atoms with Gasteiger partial charge in [-0.2, -0.15) is 0 Å². The van der Waals surface area contributed by atoms with Gasteiger partial charge in [-0.05, 0) is 18.4 Å². The highest BCUT2D eigenvalue weighted by Crippen LogP contribution is 2.44. The van der Waals surface area contributed by atoms with Gasteiger partial charge in [0, 0.05) is 25.0 Å². The van der Waals surface area contributed by atoms with E-state index in [9.17, 15) is 9.90 Å². The highest BCUT2D eigenvalue weighted by atomic mass is 16.6. The number of ether oxygens (including phenoxy) is 2. The SMILES string of the molecule is O=C1OCC(c2ccccc2)N1C[C@@H]1[C@H](CO)[C@@H]2CC[C@H]1O2. The molecule has 118 valence electrons. The molecule has 0 aliphatic carbocycles. The molecule has 1 amide bonds. The van der Waals surface area contributed by atoms with Gasteiger partial charge in [0.25, 0.3) is 0 Å². The van der Waals surface area contributed by atoms with E-state index < -0.39 is 0 Å². The quantitative estimate of drug-likeness (QED) is 0.924. The fourth-order valence-corrected chi connectivity index (χ4v) is 4.21. The first kappa shape index (κ1) is 14.0. The van der Waals surface area contributed by atoms with E-state index in [0.29, 0.717) is 13.2 Å². The molecule has 3 saturated heterocycles. The highest BCUT2D eigenvalue weighted by molar-refractivity contribution is 5.70. The van der Waals surface area contributed by atoms with E-state index >= 15 is 0 Å². The molecule has 1 aromatic rings. The Hall–Kier alpha value is -1.59. The van der Waals surface area contributed by atoms with Crippen LogP contribution >= 0.6 is 0 Å². The molecule has 2 bridgehead atoms. The van der Waals surface area contributed by atoms with Gasteiger partial charge in [-0.25, -0.2) is 4.79 Å². The Morgan fingerprint density at radius 3 is 2.59 bits per heavy atom. The van der Waals surface area contributed by atoms with Crippen molar-refractivity contribution in [2.45, 2.75) is 31.1 Å². The van der Waals surface area contributed by atoms with Gasteiger partial charge in [0.15, 0.2) is 0 Å². The molecular weight excluding hydrogens is 282 g/mol. The Labute approximate surface area is 129 Å². The summed E-state index contributed by atoms with van der Waals surface area (Å²) in [5.74, 6) is 0.351. The zero-order valence-electron chi connectivity index (χ0n) is 12.4. The number of benzene rings is 1. The van der Waals surface area contributed by atoms with E-state index in [1.165, 1.54) is 0 Å². The van der Waals surface area contributed by atoms with Crippen molar-refractivity contribution in [1.29, 1.82) is 0 Å². The zero-order chi connectivity index (χ0) is 15.1. The number of carbonyl (C=O) groups is 1. The van der Waals surface area contributed by atoms with Crippen molar-refractivity contribution in [3.8, 4) is 0 Å². The molecule has 0 aromatic heterocycles. The molecule has 0 radical (unpaired) electrons. The van der Waals surface area contributed by atoms with E-state index in [-0.39, 0.29) is 42.8 Å². The second-order valence-electron chi connectivity index (χ2n) is 6.46. The van der Waals surface area contributed by atoms with Gasteiger partial charge < -0.3 is 14.6 Å². The van der Waals surface area contributed by atoms with Gasteiger partial charge in [0.05, 0.1) is 18.2 Å². The minimum atomic E-state index is -0.256. The van der Waals surface area contributed by atoms with Crippen LogP contribution in [0.3, 0.4) is 0 Å². The van der Waals surface area contributed by atoms with E-state index in [0.717, 1.165) is 18.4 Å². The van der Waals surface area contributed by atoms with Crippen LogP contribution in [0.5, 0.6) is 0 Å². The first-order chi connectivity index (χ1) is 10.8. The second-order valence-corrected chi connectivity index (χ2v) is 6.46. The third kappa shape index (κ3) is 2.20. The molecule has 3 heterocycles. The van der Waals surface area contributed by atoms with E-state index in [1.54, 1.807) is 0 Å². The smallest absolute Gasteiger partial charge is 0.410 e. The summed E-state index contributed by atoms with van der Waals surface area (Å²) in [6, 6.07) is 9.95. The number of aliphatic hydroxyl groups is 1. The van der Waals surface area contributed by atoms with Gasteiger partial charge in [-0.15, -0.1) is 0 Å². The molecule has 5 nitrogen and oxygen atoms in total. The number of aliphatic hydroxyl groups excluding tert-OH is 1. The summed E-state index contributed by atoms with van der Waals surface area (Å²) in [7, 11) is 0. The summed E-state index contributed by atoms with van der Waals surface area (Å²) in [6.07, 6.45) is 2.14. The molecule has 3 fully saturated rings. The largest absolute Gasteiger partial charge is 0.447 e. The average Bonchev–Trinajstić information content (AvgIpc) is 3.24. The van der Waals surface area contributed by atoms with E-state index in [4.69, 9.17) is 9.47 Å². The van der Waals surface area contributed by atoms with Crippen molar-refractivity contribution in [3.63, 3.8) is 0 Å². The molecule has 4 rings (SSSR count). The number of amides is 1. The van der Waals surface area contributed by atoms with Crippen LogP contribution in [-0.2, 0) is 9.47 Å². The Balaban J connectivity index is 1.54. The van der Waals surface area contributed by atoms with Gasteiger partial charge in [-0.3, -0.25) is 4.90 Å². The van der Waals surface area contributed by atoms with Gasteiger partial charge in [-0.1, -0.05) is 30.3 Å². The molecule has 22 heavy (non-hydrogen) atoms. The van der Waals surface area contributed by atoms with Crippen LogP contribution in [0.4, 0.5) is 4.79 Å². The summed E-state index contributed by atoms with van der Waals surface area (Å²) in [6.45, 7) is 1.13. The maximum atomic E-state index is 12.1. The zero-order valence-corrected chi connectivity index (χ0v) is 12.4. The molecule has 0 spiro atoms. The predicted octanol–water partition coefficient (Wildman–Crippen LogP) is 1.97. The van der Waals surface area contributed by atoms with Crippen LogP contribution in [0.2, 0.25) is 0 Å². The molecular formula is C17H21NO4. The summed E-state index contributed by atoms with van der Waals surface area (Å²) < 4.78 is 11.2. The maximum absolute atomic E-state index is 12.1.